The highest BCUT2D eigenvalue weighted by Crippen LogP contribution is 2.43. The molecule has 2 unspecified atom stereocenters. The summed E-state index contributed by atoms with van der Waals surface area (Å²) in [5.41, 5.74) is 0. The molecule has 0 saturated carbocycles. The van der Waals surface area contributed by atoms with Gasteiger partial charge in [0.1, 0.15) is 19.8 Å². The van der Waals surface area contributed by atoms with Crippen LogP contribution in [0.5, 0.6) is 0 Å². The molecular formula is C25H51NO8P+. The molecule has 9 nitrogen and oxygen atoms in total. The van der Waals surface area contributed by atoms with E-state index in [1.165, 1.54) is 64.7 Å². The minimum absolute atomic E-state index is 0.0324. The maximum absolute atomic E-state index is 12.2. The van der Waals surface area contributed by atoms with Gasteiger partial charge in [-0.3, -0.25) is 18.6 Å². The number of likely N-dealkylation sites (N-methyl/N-ethyl adjacent to an activating group) is 1. The fourth-order valence-electron chi connectivity index (χ4n) is 3.33. The fourth-order valence-corrected chi connectivity index (χ4v) is 4.07. The van der Waals surface area contributed by atoms with E-state index in [9.17, 15) is 19.0 Å². The number of carbonyl (C=O) groups excluding carboxylic acids is 2. The van der Waals surface area contributed by atoms with Gasteiger partial charge in [0, 0.05) is 13.3 Å². The Morgan fingerprint density at radius 1 is 0.829 bits per heavy atom. The lowest BCUT2D eigenvalue weighted by Gasteiger charge is -2.24. The first-order valence-electron chi connectivity index (χ1n) is 13.2. The van der Waals surface area contributed by atoms with Gasteiger partial charge in [0.25, 0.3) is 0 Å². The van der Waals surface area contributed by atoms with E-state index in [0.29, 0.717) is 17.4 Å². The highest BCUT2D eigenvalue weighted by atomic mass is 31.2. The van der Waals surface area contributed by atoms with E-state index < -0.39 is 32.5 Å². The average molecular weight is 525 g/mol. The van der Waals surface area contributed by atoms with Crippen LogP contribution >= 0.6 is 7.82 Å². The monoisotopic (exact) mass is 524 g/mol. The van der Waals surface area contributed by atoms with Crippen LogP contribution in [0.25, 0.3) is 0 Å². The van der Waals surface area contributed by atoms with E-state index in [4.69, 9.17) is 18.5 Å². The molecule has 0 saturated heterocycles. The summed E-state index contributed by atoms with van der Waals surface area (Å²) in [6.45, 7) is 3.35. The number of unbranched alkanes of at least 4 members (excludes halogenated alkanes) is 11. The van der Waals surface area contributed by atoms with Crippen LogP contribution in [0.3, 0.4) is 0 Å². The minimum atomic E-state index is -4.31. The van der Waals surface area contributed by atoms with Crippen LogP contribution in [0.4, 0.5) is 0 Å². The number of carbonyl (C=O) groups is 2. The molecule has 0 aromatic rings. The zero-order valence-corrected chi connectivity index (χ0v) is 23.7. The Bertz CT molecular complexity index is 609. The van der Waals surface area contributed by atoms with Gasteiger partial charge in [-0.1, -0.05) is 77.6 Å². The molecule has 0 aliphatic heterocycles. The van der Waals surface area contributed by atoms with Gasteiger partial charge < -0.3 is 18.9 Å². The molecular weight excluding hydrogens is 473 g/mol. The van der Waals surface area contributed by atoms with Crippen molar-refractivity contribution >= 4 is 19.8 Å². The Kier molecular flexibility index (Phi) is 19.5. The third kappa shape index (κ3) is 24.5. The molecule has 2 atom stereocenters. The number of phosphoric ester groups is 1. The quantitative estimate of drug-likeness (QED) is 0.0820. The van der Waals surface area contributed by atoms with Crippen molar-refractivity contribution in [2.24, 2.45) is 0 Å². The maximum atomic E-state index is 12.2. The van der Waals surface area contributed by atoms with Gasteiger partial charge in [-0.25, -0.2) is 4.57 Å². The van der Waals surface area contributed by atoms with Crippen molar-refractivity contribution < 1.29 is 42.1 Å². The highest BCUT2D eigenvalue weighted by Gasteiger charge is 2.26. The van der Waals surface area contributed by atoms with Crippen molar-refractivity contribution in [2.75, 3.05) is 47.5 Å². The second-order valence-electron chi connectivity index (χ2n) is 10.2. The van der Waals surface area contributed by atoms with Crippen LogP contribution in [-0.2, 0) is 32.7 Å². The van der Waals surface area contributed by atoms with Gasteiger partial charge in [-0.05, 0) is 6.42 Å². The smallest absolute Gasteiger partial charge is 0.462 e. The van der Waals surface area contributed by atoms with Gasteiger partial charge in [0.05, 0.1) is 27.7 Å². The number of phosphoric acid groups is 1. The van der Waals surface area contributed by atoms with E-state index in [-0.39, 0.29) is 19.6 Å². The zero-order chi connectivity index (χ0) is 26.6. The summed E-state index contributed by atoms with van der Waals surface area (Å²) in [5, 5.41) is 0. The Morgan fingerprint density at radius 3 is 1.83 bits per heavy atom. The average Bonchev–Trinajstić information content (AvgIpc) is 2.75. The summed E-state index contributed by atoms with van der Waals surface area (Å²) >= 11 is 0. The topological polar surface area (TPSA) is 108 Å². The van der Waals surface area contributed by atoms with Gasteiger partial charge in [0.15, 0.2) is 6.10 Å². The number of hydrogen-bond donors (Lipinski definition) is 1. The van der Waals surface area contributed by atoms with Crippen LogP contribution in [0.2, 0.25) is 0 Å². The van der Waals surface area contributed by atoms with Crippen molar-refractivity contribution in [3.05, 3.63) is 0 Å². The SMILES string of the molecule is CCCCCCCCCCCCCCC(=O)OC(COC(C)=O)COP(=O)(O)OCC[N+](C)(C)C. The summed E-state index contributed by atoms with van der Waals surface area (Å²) in [7, 11) is 1.47. The Morgan fingerprint density at radius 2 is 1.34 bits per heavy atom. The number of ether oxygens (including phenoxy) is 2. The maximum Gasteiger partial charge on any atom is 0.472 e. The Balaban J connectivity index is 4.12. The third-order valence-corrected chi connectivity index (χ3v) is 6.43. The zero-order valence-electron chi connectivity index (χ0n) is 22.8. The third-order valence-electron chi connectivity index (χ3n) is 5.45. The van der Waals surface area contributed by atoms with Gasteiger partial charge in [0.2, 0.25) is 0 Å². The molecule has 35 heavy (non-hydrogen) atoms. The second kappa shape index (κ2) is 20.1. The number of quaternary nitrogens is 1. The Labute approximate surface area is 213 Å². The molecule has 1 N–H and O–H groups in total. The van der Waals surface area contributed by atoms with E-state index >= 15 is 0 Å². The van der Waals surface area contributed by atoms with E-state index in [1.807, 2.05) is 21.1 Å². The molecule has 0 amide bonds. The molecule has 0 aromatic heterocycles. The normalized spacial score (nSPS) is 14.3. The van der Waals surface area contributed by atoms with Crippen molar-refractivity contribution in [2.45, 2.75) is 103 Å². The van der Waals surface area contributed by atoms with Crippen molar-refractivity contribution in [1.82, 2.24) is 0 Å². The molecule has 0 spiro atoms. The highest BCUT2D eigenvalue weighted by molar-refractivity contribution is 7.47. The lowest BCUT2D eigenvalue weighted by molar-refractivity contribution is -0.870. The number of hydrogen-bond acceptors (Lipinski definition) is 7. The fraction of sp³-hybridized carbons (Fsp3) is 0.920. The first-order chi connectivity index (χ1) is 16.4. The van der Waals surface area contributed by atoms with Crippen LogP contribution < -0.4 is 0 Å². The van der Waals surface area contributed by atoms with Gasteiger partial charge >= 0.3 is 19.8 Å². The number of esters is 2. The van der Waals surface area contributed by atoms with Crippen LogP contribution in [0.15, 0.2) is 0 Å². The van der Waals surface area contributed by atoms with Crippen molar-refractivity contribution in [3.63, 3.8) is 0 Å². The predicted octanol–water partition coefficient (Wildman–Crippen LogP) is 5.39. The van der Waals surface area contributed by atoms with Gasteiger partial charge in [-0.15, -0.1) is 0 Å². The number of rotatable bonds is 23. The van der Waals surface area contributed by atoms with Crippen LogP contribution in [0, 0.1) is 0 Å². The van der Waals surface area contributed by atoms with E-state index in [1.54, 1.807) is 0 Å². The van der Waals surface area contributed by atoms with Crippen LogP contribution in [0.1, 0.15) is 97.3 Å². The van der Waals surface area contributed by atoms with E-state index in [0.717, 1.165) is 12.8 Å². The number of nitrogens with zero attached hydrogens (tertiary/aromatic N) is 1. The minimum Gasteiger partial charge on any atom is -0.462 e. The summed E-state index contributed by atoms with van der Waals surface area (Å²) in [6.07, 6.45) is 13.7. The first-order valence-corrected chi connectivity index (χ1v) is 14.7. The summed E-state index contributed by atoms with van der Waals surface area (Å²) in [6, 6.07) is 0. The van der Waals surface area contributed by atoms with E-state index in [2.05, 4.69) is 6.92 Å². The molecule has 0 radical (unpaired) electrons. The van der Waals surface area contributed by atoms with Gasteiger partial charge in [-0.2, -0.15) is 0 Å². The molecule has 0 aliphatic carbocycles. The standard InChI is InChI=1S/C25H50NO8P/c1-6-7-8-9-10-11-12-13-14-15-16-17-18-25(28)34-24(21-31-23(2)27)22-33-35(29,30)32-20-19-26(3,4)5/h24H,6-22H2,1-5H3/p+1. The molecule has 0 aliphatic rings. The van der Waals surface area contributed by atoms with Crippen LogP contribution in [-0.4, -0.2) is 74.9 Å². The molecule has 0 heterocycles. The molecule has 0 fully saturated rings. The molecule has 208 valence electrons. The lowest BCUT2D eigenvalue weighted by atomic mass is 10.0. The van der Waals surface area contributed by atoms with Crippen molar-refractivity contribution in [1.29, 1.82) is 0 Å². The second-order valence-corrected chi connectivity index (χ2v) is 11.6. The summed E-state index contributed by atoms with van der Waals surface area (Å²) in [4.78, 5) is 33.2. The largest absolute Gasteiger partial charge is 0.472 e. The molecule has 0 aromatic carbocycles. The predicted molar refractivity (Wildman–Crippen MR) is 137 cm³/mol. The first kappa shape index (κ1) is 34.0. The Hall–Kier alpha value is -0.990. The molecule has 0 rings (SSSR count). The summed E-state index contributed by atoms with van der Waals surface area (Å²) in [5.74, 6) is -0.991. The lowest BCUT2D eigenvalue weighted by Crippen LogP contribution is -2.37. The molecule has 0 bridgehead atoms. The molecule has 10 heteroatoms. The summed E-state index contributed by atoms with van der Waals surface area (Å²) < 4.78 is 32.8. The van der Waals surface area contributed by atoms with Crippen molar-refractivity contribution in [3.8, 4) is 0 Å².